The first-order valence-electron chi connectivity index (χ1n) is 10.6. The first-order chi connectivity index (χ1) is 17.0. The van der Waals surface area contributed by atoms with E-state index in [0.29, 0.717) is 38.8 Å². The van der Waals surface area contributed by atoms with Crippen molar-refractivity contribution in [2.45, 2.75) is 6.92 Å². The Bertz CT molecular complexity index is 1760. The third-order valence-electron chi connectivity index (χ3n) is 5.42. The summed E-state index contributed by atoms with van der Waals surface area (Å²) in [6.45, 7) is 1.77. The maximum Gasteiger partial charge on any atom is 0.292 e. The Balaban J connectivity index is 1.41. The monoisotopic (exact) mass is 485 g/mol. The number of hydrogen-bond donors (Lipinski definition) is 2. The van der Waals surface area contributed by atoms with Crippen molar-refractivity contribution >= 4 is 45.3 Å². The van der Waals surface area contributed by atoms with Crippen molar-refractivity contribution in [2.75, 3.05) is 5.32 Å². The van der Waals surface area contributed by atoms with Gasteiger partial charge in [0.15, 0.2) is 11.4 Å². The van der Waals surface area contributed by atoms with E-state index in [1.807, 2.05) is 18.2 Å². The number of H-pyrrole nitrogens is 1. The van der Waals surface area contributed by atoms with Gasteiger partial charge in [-0.15, -0.1) is 0 Å². The second-order valence-electron chi connectivity index (χ2n) is 7.84. The third kappa shape index (κ3) is 3.65. The number of anilines is 1. The molecule has 4 aromatic heterocycles. The standard InChI is InChI=1S/C24H16ClN7O3/c1-13-10-20(27-23(34)19-11-14-4-2-3-5-18(14)35-19)32(30-13)24-28-21-17(22(33)29-24)12-26-31(21)16-8-6-15(25)7-9-16/h2-12H,1H3,(H,27,34)(H,28,29,33). The Labute approximate surface area is 201 Å². The van der Waals surface area contributed by atoms with Crippen molar-refractivity contribution in [3.63, 3.8) is 0 Å². The van der Waals surface area contributed by atoms with E-state index in [2.05, 4.69) is 25.5 Å². The first-order valence-corrected chi connectivity index (χ1v) is 10.9. The molecule has 0 fully saturated rings. The van der Waals surface area contributed by atoms with E-state index in [1.54, 1.807) is 49.4 Å². The number of aromatic nitrogens is 6. The van der Waals surface area contributed by atoms with Crippen LogP contribution in [0, 0.1) is 6.92 Å². The van der Waals surface area contributed by atoms with Crippen molar-refractivity contribution in [1.82, 2.24) is 29.5 Å². The molecule has 6 rings (SSSR count). The second-order valence-corrected chi connectivity index (χ2v) is 8.28. The van der Waals surface area contributed by atoms with Crippen LogP contribution in [0.25, 0.3) is 33.6 Å². The highest BCUT2D eigenvalue weighted by atomic mass is 35.5. The fourth-order valence-electron chi connectivity index (χ4n) is 3.80. The van der Waals surface area contributed by atoms with Crippen LogP contribution in [-0.4, -0.2) is 35.4 Å². The molecule has 35 heavy (non-hydrogen) atoms. The van der Waals surface area contributed by atoms with Gasteiger partial charge in [-0.1, -0.05) is 29.8 Å². The number of aromatic amines is 1. The Kier molecular flexibility index (Phi) is 4.75. The molecular weight excluding hydrogens is 470 g/mol. The van der Waals surface area contributed by atoms with E-state index in [4.69, 9.17) is 16.0 Å². The molecule has 0 aliphatic carbocycles. The molecule has 0 spiro atoms. The molecule has 0 radical (unpaired) electrons. The van der Waals surface area contributed by atoms with Gasteiger partial charge in [0, 0.05) is 16.5 Å². The topological polar surface area (TPSA) is 124 Å². The minimum Gasteiger partial charge on any atom is -0.451 e. The Morgan fingerprint density at radius 2 is 1.89 bits per heavy atom. The molecule has 0 saturated carbocycles. The number of furan rings is 1. The molecule has 11 heteroatoms. The molecule has 0 aliphatic rings. The lowest BCUT2D eigenvalue weighted by molar-refractivity contribution is 0.0998. The molecule has 0 unspecified atom stereocenters. The van der Waals surface area contributed by atoms with Crippen LogP contribution in [0.3, 0.4) is 0 Å². The van der Waals surface area contributed by atoms with Crippen LogP contribution >= 0.6 is 11.6 Å². The summed E-state index contributed by atoms with van der Waals surface area (Å²) >= 11 is 6.00. The van der Waals surface area contributed by atoms with Gasteiger partial charge in [0.05, 0.1) is 17.6 Å². The minimum absolute atomic E-state index is 0.117. The highest BCUT2D eigenvalue weighted by Gasteiger charge is 2.19. The minimum atomic E-state index is -0.461. The summed E-state index contributed by atoms with van der Waals surface area (Å²) < 4.78 is 8.55. The number of para-hydroxylation sites is 1. The summed E-state index contributed by atoms with van der Waals surface area (Å²) in [5, 5.41) is 13.2. The lowest BCUT2D eigenvalue weighted by atomic mass is 10.2. The zero-order chi connectivity index (χ0) is 24.1. The number of halogens is 1. The van der Waals surface area contributed by atoms with Crippen molar-refractivity contribution in [3.05, 3.63) is 93.7 Å². The van der Waals surface area contributed by atoms with Crippen molar-refractivity contribution < 1.29 is 9.21 Å². The Morgan fingerprint density at radius 1 is 1.09 bits per heavy atom. The van der Waals surface area contributed by atoms with E-state index in [0.717, 1.165) is 5.39 Å². The fraction of sp³-hybridized carbons (Fsp3) is 0.0417. The maximum absolute atomic E-state index is 12.9. The molecule has 1 amide bonds. The van der Waals surface area contributed by atoms with Crippen LogP contribution in [-0.2, 0) is 0 Å². The number of nitrogens with one attached hydrogen (secondary N) is 2. The zero-order valence-corrected chi connectivity index (χ0v) is 18.9. The smallest absolute Gasteiger partial charge is 0.292 e. The normalized spacial score (nSPS) is 11.4. The molecular formula is C24H16ClN7O3. The van der Waals surface area contributed by atoms with Crippen LogP contribution in [0.1, 0.15) is 16.2 Å². The van der Waals surface area contributed by atoms with Crippen LogP contribution in [0.5, 0.6) is 0 Å². The number of rotatable bonds is 4. The second kappa shape index (κ2) is 7.96. The van der Waals surface area contributed by atoms with E-state index >= 15 is 0 Å². The predicted octanol–water partition coefficient (Wildman–Crippen LogP) is 4.25. The molecule has 2 N–H and O–H groups in total. The number of carbonyl (C=O) groups is 1. The molecule has 172 valence electrons. The van der Waals surface area contributed by atoms with Gasteiger partial charge in [0.25, 0.3) is 11.5 Å². The highest BCUT2D eigenvalue weighted by Crippen LogP contribution is 2.22. The van der Waals surface area contributed by atoms with E-state index < -0.39 is 11.5 Å². The summed E-state index contributed by atoms with van der Waals surface area (Å²) in [4.78, 5) is 33.0. The summed E-state index contributed by atoms with van der Waals surface area (Å²) in [7, 11) is 0. The molecule has 0 atom stereocenters. The number of nitrogens with zero attached hydrogens (tertiary/aromatic N) is 5. The van der Waals surface area contributed by atoms with Crippen LogP contribution < -0.4 is 10.9 Å². The molecule has 0 saturated heterocycles. The number of hydrogen-bond acceptors (Lipinski definition) is 6. The third-order valence-corrected chi connectivity index (χ3v) is 5.67. The van der Waals surface area contributed by atoms with Gasteiger partial charge in [0.1, 0.15) is 16.8 Å². The molecule has 0 bridgehead atoms. The van der Waals surface area contributed by atoms with E-state index in [-0.39, 0.29) is 11.7 Å². The van der Waals surface area contributed by atoms with Gasteiger partial charge in [-0.05, 0) is 43.3 Å². The summed E-state index contributed by atoms with van der Waals surface area (Å²) in [5.41, 5.74) is 1.83. The zero-order valence-electron chi connectivity index (χ0n) is 18.2. The molecule has 6 aromatic rings. The fourth-order valence-corrected chi connectivity index (χ4v) is 3.93. The average molecular weight is 486 g/mol. The van der Waals surface area contributed by atoms with Crippen molar-refractivity contribution in [1.29, 1.82) is 0 Å². The molecule has 4 heterocycles. The van der Waals surface area contributed by atoms with Gasteiger partial charge in [-0.3, -0.25) is 14.6 Å². The highest BCUT2D eigenvalue weighted by molar-refractivity contribution is 6.30. The summed E-state index contributed by atoms with van der Waals surface area (Å²) in [5.74, 6) is 0.116. The quantitative estimate of drug-likeness (QED) is 0.384. The van der Waals surface area contributed by atoms with Gasteiger partial charge >= 0.3 is 0 Å². The number of fused-ring (bicyclic) bond motifs is 2. The summed E-state index contributed by atoms with van der Waals surface area (Å²) in [6.07, 6.45) is 1.44. The molecule has 10 nitrogen and oxygen atoms in total. The van der Waals surface area contributed by atoms with Gasteiger partial charge in [-0.2, -0.15) is 19.9 Å². The van der Waals surface area contributed by atoms with Gasteiger partial charge in [0.2, 0.25) is 5.95 Å². The van der Waals surface area contributed by atoms with Gasteiger partial charge < -0.3 is 9.73 Å². The van der Waals surface area contributed by atoms with E-state index in [1.165, 1.54) is 15.6 Å². The Morgan fingerprint density at radius 3 is 2.69 bits per heavy atom. The maximum atomic E-state index is 12.9. The predicted molar refractivity (Wildman–Crippen MR) is 131 cm³/mol. The lowest BCUT2D eigenvalue weighted by Gasteiger charge is -2.08. The van der Waals surface area contributed by atoms with Crippen LogP contribution in [0.4, 0.5) is 5.82 Å². The van der Waals surface area contributed by atoms with Crippen molar-refractivity contribution in [2.24, 2.45) is 0 Å². The number of carbonyl (C=O) groups excluding carboxylic acids is 1. The number of aryl methyl sites for hydroxylation is 1. The first kappa shape index (κ1) is 20.9. The van der Waals surface area contributed by atoms with Crippen LogP contribution in [0.2, 0.25) is 5.02 Å². The summed E-state index contributed by atoms with van der Waals surface area (Å²) in [6, 6.07) is 17.7. The van der Waals surface area contributed by atoms with Crippen LogP contribution in [0.15, 0.2) is 76.1 Å². The number of benzene rings is 2. The Hall–Kier alpha value is -4.70. The van der Waals surface area contributed by atoms with Crippen molar-refractivity contribution in [3.8, 4) is 11.6 Å². The lowest BCUT2D eigenvalue weighted by Crippen LogP contribution is -2.19. The average Bonchev–Trinajstić information content (AvgIpc) is 3.56. The van der Waals surface area contributed by atoms with E-state index in [9.17, 15) is 9.59 Å². The molecule has 2 aromatic carbocycles. The number of amides is 1. The van der Waals surface area contributed by atoms with Gasteiger partial charge in [-0.25, -0.2) is 4.68 Å². The largest absolute Gasteiger partial charge is 0.451 e. The SMILES string of the molecule is Cc1cc(NC(=O)c2cc3ccccc3o2)n(-c2nc3c(cnn3-c3ccc(Cl)cc3)c(=O)[nH]2)n1. The molecule has 0 aliphatic heterocycles.